The second-order valence-electron chi connectivity index (χ2n) is 6.35. The number of ketones is 1. The summed E-state index contributed by atoms with van der Waals surface area (Å²) < 4.78 is 5.50. The molecule has 1 unspecified atom stereocenters. The zero-order valence-corrected chi connectivity index (χ0v) is 14.4. The molecule has 1 aliphatic carbocycles. The van der Waals surface area contributed by atoms with Crippen molar-refractivity contribution in [3.8, 4) is 11.9 Å². The van der Waals surface area contributed by atoms with Crippen LogP contribution in [-0.4, -0.2) is 15.8 Å². The third-order valence-electron chi connectivity index (χ3n) is 5.12. The summed E-state index contributed by atoms with van der Waals surface area (Å²) >= 11 is 5.01. The van der Waals surface area contributed by atoms with Gasteiger partial charge in [-0.3, -0.25) is 14.6 Å². The first kappa shape index (κ1) is 15.5. The van der Waals surface area contributed by atoms with Gasteiger partial charge in [-0.1, -0.05) is 36.4 Å². The molecule has 130 valence electrons. The molecular formula is C19H10N4O3S. The molecule has 3 aromatic rings. The van der Waals surface area contributed by atoms with E-state index in [1.165, 1.54) is 0 Å². The Bertz CT molecular complexity index is 1390. The molecular weight excluding hydrogens is 364 g/mol. The van der Waals surface area contributed by atoms with Gasteiger partial charge in [0, 0.05) is 5.56 Å². The smallest absolute Gasteiger partial charge is 0.260 e. The SMILES string of the molecule is N#CC1=C(N)Oc2[nH]c(=S)[nH]c(=O)c2C12C(=O)c1cccc3cccc2c13. The van der Waals surface area contributed by atoms with Gasteiger partial charge in [0.1, 0.15) is 22.6 Å². The molecule has 0 amide bonds. The molecule has 5 rings (SSSR count). The number of carbonyl (C=O) groups is 1. The minimum Gasteiger partial charge on any atom is -0.424 e. The van der Waals surface area contributed by atoms with E-state index in [1.807, 2.05) is 18.2 Å². The summed E-state index contributed by atoms with van der Waals surface area (Å²) in [5.74, 6) is -0.660. The Hall–Kier alpha value is -3.70. The van der Waals surface area contributed by atoms with Crippen LogP contribution in [0.2, 0.25) is 0 Å². The lowest BCUT2D eigenvalue weighted by molar-refractivity contribution is 0.0934. The summed E-state index contributed by atoms with van der Waals surface area (Å²) in [6, 6.07) is 12.7. The van der Waals surface area contributed by atoms with Crippen LogP contribution in [-0.2, 0) is 5.41 Å². The van der Waals surface area contributed by atoms with Gasteiger partial charge in [0.05, 0.1) is 0 Å². The average molecular weight is 374 g/mol. The topological polar surface area (TPSA) is 125 Å². The van der Waals surface area contributed by atoms with E-state index in [0.29, 0.717) is 16.5 Å². The van der Waals surface area contributed by atoms with Crippen LogP contribution in [0, 0.1) is 16.1 Å². The van der Waals surface area contributed by atoms with Crippen molar-refractivity contribution in [3.63, 3.8) is 0 Å². The van der Waals surface area contributed by atoms with Crippen LogP contribution in [0.1, 0.15) is 21.5 Å². The third kappa shape index (κ3) is 1.66. The predicted octanol–water partition coefficient (Wildman–Crippen LogP) is 2.15. The summed E-state index contributed by atoms with van der Waals surface area (Å²) in [6.07, 6.45) is 0. The first-order valence-corrected chi connectivity index (χ1v) is 8.43. The van der Waals surface area contributed by atoms with Crippen LogP contribution in [0.3, 0.4) is 0 Å². The highest BCUT2D eigenvalue weighted by molar-refractivity contribution is 7.71. The number of carbonyl (C=O) groups excluding carboxylic acids is 1. The Morgan fingerprint density at radius 2 is 1.89 bits per heavy atom. The minimum atomic E-state index is -1.68. The number of nitrogens with zero attached hydrogens (tertiary/aromatic N) is 1. The lowest BCUT2D eigenvalue weighted by atomic mass is 9.68. The number of hydrogen-bond acceptors (Lipinski definition) is 6. The standard InChI is InChI=1S/C19H10N4O3S/c20-7-11-15(21)26-17-13(16(25)22-18(27)23-17)19(11)10-6-2-4-8-3-1-5-9(12(8)10)14(19)24/h1-6H,21H2,(H2,22,23,25,27). The second-order valence-corrected chi connectivity index (χ2v) is 6.76. The lowest BCUT2D eigenvalue weighted by Gasteiger charge is -2.33. The van der Waals surface area contributed by atoms with Crippen molar-refractivity contribution in [2.24, 2.45) is 5.73 Å². The predicted molar refractivity (Wildman–Crippen MR) is 98.8 cm³/mol. The van der Waals surface area contributed by atoms with Crippen LogP contribution in [0.4, 0.5) is 0 Å². The van der Waals surface area contributed by atoms with Crippen LogP contribution in [0.25, 0.3) is 10.8 Å². The molecule has 1 aliphatic heterocycles. The van der Waals surface area contributed by atoms with Crippen molar-refractivity contribution in [2.75, 3.05) is 0 Å². The van der Waals surface area contributed by atoms with Crippen molar-refractivity contribution in [3.05, 3.63) is 79.7 Å². The lowest BCUT2D eigenvalue weighted by Crippen LogP contribution is -2.45. The third-order valence-corrected chi connectivity index (χ3v) is 5.33. The van der Waals surface area contributed by atoms with E-state index in [-0.39, 0.29) is 27.7 Å². The van der Waals surface area contributed by atoms with E-state index in [9.17, 15) is 14.9 Å². The van der Waals surface area contributed by atoms with Crippen molar-refractivity contribution in [1.29, 1.82) is 5.26 Å². The number of nitriles is 1. The molecule has 2 aromatic carbocycles. The molecule has 0 bridgehead atoms. The summed E-state index contributed by atoms with van der Waals surface area (Å²) in [4.78, 5) is 31.8. The molecule has 0 saturated heterocycles. The Morgan fingerprint density at radius 1 is 1.15 bits per heavy atom. The maximum Gasteiger partial charge on any atom is 0.260 e. The number of allylic oxidation sites excluding steroid dienone is 1. The number of ether oxygens (including phenoxy) is 1. The highest BCUT2D eigenvalue weighted by Crippen LogP contribution is 2.53. The van der Waals surface area contributed by atoms with Gasteiger partial charge in [0.25, 0.3) is 5.56 Å². The Kier molecular flexibility index (Phi) is 2.84. The van der Waals surface area contributed by atoms with Gasteiger partial charge < -0.3 is 15.5 Å². The number of benzene rings is 2. The number of nitrogens with two attached hydrogens (primary N) is 1. The highest BCUT2D eigenvalue weighted by Gasteiger charge is 2.58. The number of nitrogens with one attached hydrogen (secondary N) is 2. The fourth-order valence-electron chi connectivity index (χ4n) is 4.16. The largest absolute Gasteiger partial charge is 0.424 e. The van der Waals surface area contributed by atoms with Crippen molar-refractivity contribution < 1.29 is 9.53 Å². The first-order valence-electron chi connectivity index (χ1n) is 8.02. The van der Waals surface area contributed by atoms with Crippen LogP contribution in [0.5, 0.6) is 5.88 Å². The molecule has 8 heteroatoms. The quantitative estimate of drug-likeness (QED) is 0.518. The van der Waals surface area contributed by atoms with Crippen molar-refractivity contribution >= 4 is 28.8 Å². The van der Waals surface area contributed by atoms with E-state index < -0.39 is 16.8 Å². The number of hydrogen-bond donors (Lipinski definition) is 3. The van der Waals surface area contributed by atoms with Crippen molar-refractivity contribution in [1.82, 2.24) is 9.97 Å². The van der Waals surface area contributed by atoms with E-state index in [2.05, 4.69) is 9.97 Å². The number of Topliss-reactive ketones (excluding diaryl/α,β-unsaturated/α-hetero) is 1. The molecule has 1 spiro atoms. The highest BCUT2D eigenvalue weighted by atomic mass is 32.1. The number of fused-ring (bicyclic) bond motifs is 3. The van der Waals surface area contributed by atoms with E-state index in [4.69, 9.17) is 22.7 Å². The minimum absolute atomic E-state index is 0.0180. The molecule has 4 N–H and O–H groups in total. The summed E-state index contributed by atoms with van der Waals surface area (Å²) in [7, 11) is 0. The maximum atomic E-state index is 13.7. The van der Waals surface area contributed by atoms with Gasteiger partial charge in [0.15, 0.2) is 10.6 Å². The summed E-state index contributed by atoms with van der Waals surface area (Å²) in [6.45, 7) is 0. The Morgan fingerprint density at radius 3 is 2.63 bits per heavy atom. The number of aromatic amines is 2. The molecule has 0 radical (unpaired) electrons. The van der Waals surface area contributed by atoms with Crippen LogP contribution < -0.4 is 16.0 Å². The molecule has 1 atom stereocenters. The average Bonchev–Trinajstić information content (AvgIpc) is 2.87. The molecule has 0 fully saturated rings. The van der Waals surface area contributed by atoms with Gasteiger partial charge in [-0.25, -0.2) is 0 Å². The molecule has 2 heterocycles. The van der Waals surface area contributed by atoms with Gasteiger partial charge >= 0.3 is 0 Å². The van der Waals surface area contributed by atoms with Crippen LogP contribution in [0.15, 0.2) is 52.6 Å². The fraction of sp³-hybridized carbons (Fsp3) is 0.0526. The summed E-state index contributed by atoms with van der Waals surface area (Å²) in [5.41, 5.74) is 4.55. The monoisotopic (exact) mass is 374 g/mol. The molecule has 27 heavy (non-hydrogen) atoms. The Labute approximate surface area is 156 Å². The van der Waals surface area contributed by atoms with Crippen LogP contribution >= 0.6 is 12.2 Å². The number of H-pyrrole nitrogens is 2. The van der Waals surface area contributed by atoms with E-state index in [1.54, 1.807) is 24.3 Å². The van der Waals surface area contributed by atoms with Crippen molar-refractivity contribution in [2.45, 2.75) is 5.41 Å². The Balaban J connectivity index is 2.07. The fourth-order valence-corrected chi connectivity index (χ4v) is 4.34. The maximum absolute atomic E-state index is 13.7. The zero-order valence-electron chi connectivity index (χ0n) is 13.6. The molecule has 2 aliphatic rings. The molecule has 0 saturated carbocycles. The van der Waals surface area contributed by atoms with Gasteiger partial charge in [0.2, 0.25) is 11.8 Å². The normalized spacial score (nSPS) is 19.9. The zero-order chi connectivity index (χ0) is 18.9. The van der Waals surface area contributed by atoms with E-state index >= 15 is 0 Å². The summed E-state index contributed by atoms with van der Waals surface area (Å²) in [5, 5.41) is 11.4. The number of rotatable bonds is 0. The first-order chi connectivity index (χ1) is 13.0. The number of aromatic nitrogens is 2. The van der Waals surface area contributed by atoms with Gasteiger partial charge in [-0.2, -0.15) is 5.26 Å². The molecule has 7 nitrogen and oxygen atoms in total. The second kappa shape index (κ2) is 4.93. The van der Waals surface area contributed by atoms with E-state index in [0.717, 1.165) is 5.39 Å². The van der Waals surface area contributed by atoms with Gasteiger partial charge in [-0.15, -0.1) is 0 Å². The molecule has 1 aromatic heterocycles. The van der Waals surface area contributed by atoms with Gasteiger partial charge in [-0.05, 0) is 28.6 Å².